The first-order valence-electron chi connectivity index (χ1n) is 4.98. The first-order chi connectivity index (χ1) is 8.24. The predicted octanol–water partition coefficient (Wildman–Crippen LogP) is 2.54. The lowest BCUT2D eigenvalue weighted by Gasteiger charge is -2.02. The Morgan fingerprint density at radius 3 is 3.00 bits per heavy atom. The maximum absolute atomic E-state index is 8.84. The van der Waals surface area contributed by atoms with Crippen molar-refractivity contribution < 1.29 is 4.74 Å². The summed E-state index contributed by atoms with van der Waals surface area (Å²) in [7, 11) is 1.60. The summed E-state index contributed by atoms with van der Waals surface area (Å²) in [5, 5.41) is 13.6. The minimum absolute atomic E-state index is 0.407. The molecule has 0 spiro atoms. The molecule has 0 radical (unpaired) electrons. The average molecular weight is 248 g/mol. The number of aromatic nitrogens is 2. The molecule has 86 valence electrons. The van der Waals surface area contributed by atoms with E-state index in [-0.39, 0.29) is 0 Å². The molecule has 0 unspecified atom stereocenters. The van der Waals surface area contributed by atoms with E-state index in [1.165, 1.54) is 0 Å². The highest BCUT2D eigenvalue weighted by Gasteiger charge is 2.07. The molecule has 1 aromatic heterocycles. The van der Waals surface area contributed by atoms with Crippen molar-refractivity contribution in [2.24, 2.45) is 0 Å². The molecule has 0 aliphatic carbocycles. The molecular formula is C12H10ClN3O. The van der Waals surface area contributed by atoms with Gasteiger partial charge < -0.3 is 4.74 Å². The molecule has 0 fully saturated rings. The number of nitrogens with zero attached hydrogens (tertiary/aromatic N) is 3. The van der Waals surface area contributed by atoms with Crippen LogP contribution in [0.2, 0.25) is 5.15 Å². The summed E-state index contributed by atoms with van der Waals surface area (Å²) in [6, 6.07) is 10.9. The van der Waals surface area contributed by atoms with Gasteiger partial charge in [0.15, 0.2) is 0 Å². The van der Waals surface area contributed by atoms with Gasteiger partial charge in [0, 0.05) is 13.2 Å². The second-order valence-electron chi connectivity index (χ2n) is 3.47. The molecule has 4 nitrogen and oxygen atoms in total. The van der Waals surface area contributed by atoms with Crippen LogP contribution in [0.25, 0.3) is 5.69 Å². The third kappa shape index (κ3) is 2.47. The number of hydrogen-bond acceptors (Lipinski definition) is 3. The summed E-state index contributed by atoms with van der Waals surface area (Å²) in [6.45, 7) is 0.407. The number of ether oxygens (including phenoxy) is 1. The van der Waals surface area contributed by atoms with Gasteiger partial charge in [-0.1, -0.05) is 17.7 Å². The molecule has 0 saturated carbocycles. The normalized spacial score (nSPS) is 10.2. The minimum atomic E-state index is 0.407. The van der Waals surface area contributed by atoms with Crippen LogP contribution in [-0.4, -0.2) is 16.9 Å². The first kappa shape index (κ1) is 11.6. The maximum Gasteiger partial charge on any atom is 0.133 e. The first-order valence-corrected chi connectivity index (χ1v) is 5.36. The second-order valence-corrected chi connectivity index (χ2v) is 3.85. The summed E-state index contributed by atoms with van der Waals surface area (Å²) >= 11 is 6.07. The largest absolute Gasteiger partial charge is 0.378 e. The van der Waals surface area contributed by atoms with Crippen molar-refractivity contribution in [1.82, 2.24) is 9.78 Å². The van der Waals surface area contributed by atoms with Crippen LogP contribution < -0.4 is 0 Å². The number of halogens is 1. The molecule has 2 rings (SSSR count). The number of benzene rings is 1. The molecule has 0 amide bonds. The Morgan fingerprint density at radius 1 is 1.47 bits per heavy atom. The topological polar surface area (TPSA) is 50.8 Å². The van der Waals surface area contributed by atoms with E-state index in [9.17, 15) is 0 Å². The molecule has 0 aliphatic rings. The third-order valence-electron chi connectivity index (χ3n) is 2.23. The van der Waals surface area contributed by atoms with E-state index >= 15 is 0 Å². The van der Waals surface area contributed by atoms with Crippen LogP contribution in [0.15, 0.2) is 30.3 Å². The summed E-state index contributed by atoms with van der Waals surface area (Å²) in [5.41, 5.74) is 2.08. The van der Waals surface area contributed by atoms with E-state index in [0.717, 1.165) is 11.4 Å². The van der Waals surface area contributed by atoms with Crippen LogP contribution in [0.4, 0.5) is 0 Å². The standard InChI is InChI=1S/C12H10ClN3O/c1-17-8-10-6-12(13)16(15-10)11-4-2-3-9(5-11)7-14/h2-6H,8H2,1H3. The molecule has 0 bridgehead atoms. The minimum Gasteiger partial charge on any atom is -0.378 e. The highest BCUT2D eigenvalue weighted by molar-refractivity contribution is 6.29. The Kier molecular flexibility index (Phi) is 3.43. The van der Waals surface area contributed by atoms with E-state index in [2.05, 4.69) is 11.2 Å². The van der Waals surface area contributed by atoms with Crippen molar-refractivity contribution in [2.45, 2.75) is 6.61 Å². The van der Waals surface area contributed by atoms with Crippen molar-refractivity contribution in [3.63, 3.8) is 0 Å². The molecule has 0 saturated heterocycles. The molecule has 1 heterocycles. The smallest absolute Gasteiger partial charge is 0.133 e. The molecule has 0 N–H and O–H groups in total. The Labute approximate surface area is 104 Å². The summed E-state index contributed by atoms with van der Waals surface area (Å²) in [6.07, 6.45) is 0. The fourth-order valence-electron chi connectivity index (χ4n) is 1.51. The van der Waals surface area contributed by atoms with E-state index in [1.54, 1.807) is 36.1 Å². The zero-order chi connectivity index (χ0) is 12.3. The monoisotopic (exact) mass is 247 g/mol. The van der Waals surface area contributed by atoms with E-state index < -0.39 is 0 Å². The van der Waals surface area contributed by atoms with E-state index in [4.69, 9.17) is 21.6 Å². The van der Waals surface area contributed by atoms with Crippen molar-refractivity contribution in [3.05, 3.63) is 46.7 Å². The lowest BCUT2D eigenvalue weighted by atomic mass is 10.2. The molecule has 2 aromatic rings. The lowest BCUT2D eigenvalue weighted by molar-refractivity contribution is 0.181. The summed E-state index contributed by atoms with van der Waals surface area (Å²) in [5.74, 6) is 0. The van der Waals surface area contributed by atoms with E-state index in [1.807, 2.05) is 6.07 Å². The van der Waals surface area contributed by atoms with Crippen molar-refractivity contribution >= 4 is 11.6 Å². The zero-order valence-electron chi connectivity index (χ0n) is 9.22. The van der Waals surface area contributed by atoms with Gasteiger partial charge in [0.05, 0.1) is 29.6 Å². The highest BCUT2D eigenvalue weighted by atomic mass is 35.5. The van der Waals surface area contributed by atoms with Crippen molar-refractivity contribution in [1.29, 1.82) is 5.26 Å². The molecule has 17 heavy (non-hydrogen) atoms. The van der Waals surface area contributed by atoms with Crippen molar-refractivity contribution in [3.8, 4) is 11.8 Å². The fourth-order valence-corrected chi connectivity index (χ4v) is 1.77. The number of methoxy groups -OCH3 is 1. The van der Waals surface area contributed by atoms with Gasteiger partial charge in [-0.3, -0.25) is 0 Å². The van der Waals surface area contributed by atoms with Crippen molar-refractivity contribution in [2.75, 3.05) is 7.11 Å². The summed E-state index contributed by atoms with van der Waals surface area (Å²) < 4.78 is 6.57. The SMILES string of the molecule is COCc1cc(Cl)n(-c2cccc(C#N)c2)n1. The van der Waals surface area contributed by atoms with Crippen LogP contribution >= 0.6 is 11.6 Å². The Bertz CT molecular complexity index is 571. The average Bonchev–Trinajstić information content (AvgIpc) is 2.71. The Balaban J connectivity index is 2.42. The van der Waals surface area contributed by atoms with Crippen LogP contribution in [-0.2, 0) is 11.3 Å². The Morgan fingerprint density at radius 2 is 2.29 bits per heavy atom. The molecule has 1 aromatic carbocycles. The molecule has 5 heteroatoms. The maximum atomic E-state index is 8.84. The number of rotatable bonds is 3. The fraction of sp³-hybridized carbons (Fsp3) is 0.167. The molecular weight excluding hydrogens is 238 g/mol. The lowest BCUT2D eigenvalue weighted by Crippen LogP contribution is -1.98. The zero-order valence-corrected chi connectivity index (χ0v) is 9.98. The van der Waals surface area contributed by atoms with Gasteiger partial charge >= 0.3 is 0 Å². The van der Waals surface area contributed by atoms with Crippen LogP contribution in [0.1, 0.15) is 11.3 Å². The third-order valence-corrected chi connectivity index (χ3v) is 2.50. The van der Waals surface area contributed by atoms with E-state index in [0.29, 0.717) is 17.3 Å². The van der Waals surface area contributed by atoms with Crippen LogP contribution in [0, 0.1) is 11.3 Å². The summed E-state index contributed by atoms with van der Waals surface area (Å²) in [4.78, 5) is 0. The van der Waals surface area contributed by atoms with Crippen LogP contribution in [0.5, 0.6) is 0 Å². The number of nitriles is 1. The van der Waals surface area contributed by atoms with Crippen LogP contribution in [0.3, 0.4) is 0 Å². The van der Waals surface area contributed by atoms with Gasteiger partial charge in [-0.2, -0.15) is 10.4 Å². The second kappa shape index (κ2) is 5.00. The van der Waals surface area contributed by atoms with Gasteiger partial charge in [-0.25, -0.2) is 4.68 Å². The highest BCUT2D eigenvalue weighted by Crippen LogP contribution is 2.18. The van der Waals surface area contributed by atoms with Gasteiger partial charge in [-0.05, 0) is 18.2 Å². The molecule has 0 aliphatic heterocycles. The number of hydrogen-bond donors (Lipinski definition) is 0. The Hall–Kier alpha value is -1.83. The van der Waals surface area contributed by atoms with Gasteiger partial charge in [0.2, 0.25) is 0 Å². The quantitative estimate of drug-likeness (QED) is 0.838. The van der Waals surface area contributed by atoms with Gasteiger partial charge in [0.1, 0.15) is 5.15 Å². The predicted molar refractivity (Wildman–Crippen MR) is 64.0 cm³/mol. The molecule has 0 atom stereocenters. The van der Waals surface area contributed by atoms with Gasteiger partial charge in [-0.15, -0.1) is 0 Å². The van der Waals surface area contributed by atoms with Gasteiger partial charge in [0.25, 0.3) is 0 Å².